The van der Waals surface area contributed by atoms with Crippen LogP contribution < -0.4 is 4.90 Å². The van der Waals surface area contributed by atoms with E-state index >= 15 is 0 Å². The van der Waals surface area contributed by atoms with Gasteiger partial charge in [0, 0.05) is 25.8 Å². The Bertz CT molecular complexity index is 886. The van der Waals surface area contributed by atoms with Crippen LogP contribution >= 0.6 is 0 Å². The molecule has 1 aromatic heterocycles. The van der Waals surface area contributed by atoms with Crippen LogP contribution in [0.15, 0.2) is 47.5 Å². The highest BCUT2D eigenvalue weighted by Gasteiger charge is 2.36. The predicted molar refractivity (Wildman–Crippen MR) is 112 cm³/mol. The number of nitrogens with zero attached hydrogens (tertiary/aromatic N) is 3. The lowest BCUT2D eigenvalue weighted by atomic mass is 10.1. The maximum absolute atomic E-state index is 13.2. The molecule has 0 radical (unpaired) electrons. The molecule has 0 saturated carbocycles. The van der Waals surface area contributed by atoms with Crippen LogP contribution in [0.2, 0.25) is 0 Å². The molecule has 1 aromatic carbocycles. The molecule has 2 saturated heterocycles. The highest BCUT2D eigenvalue weighted by Crippen LogP contribution is 2.36. The molecule has 0 amide bonds. The van der Waals surface area contributed by atoms with Gasteiger partial charge < -0.3 is 4.90 Å². The molecule has 1 atom stereocenters. The van der Waals surface area contributed by atoms with Gasteiger partial charge in [0.15, 0.2) is 0 Å². The summed E-state index contributed by atoms with van der Waals surface area (Å²) in [6.07, 6.45) is 8.63. The standard InChI is InChI=1S/C22H29N3O2S/c1-18-8-11-20(12-9-18)28(26,27)25-16-6-7-21(25)19-10-13-22(23-17-19)24-14-4-2-3-5-15-24/h8-13,17,21H,2-7,14-16H2,1H3/t21-/m1/s1. The Morgan fingerprint density at radius 1 is 0.893 bits per heavy atom. The number of aryl methyl sites for hydroxylation is 1. The van der Waals surface area contributed by atoms with Crippen molar-refractivity contribution >= 4 is 15.8 Å². The number of hydrogen-bond acceptors (Lipinski definition) is 4. The number of sulfonamides is 1. The molecule has 150 valence electrons. The van der Waals surface area contributed by atoms with Crippen molar-refractivity contribution in [2.45, 2.75) is 56.4 Å². The molecular formula is C22H29N3O2S. The Labute approximate surface area is 168 Å². The smallest absolute Gasteiger partial charge is 0.243 e. The van der Waals surface area contributed by atoms with Crippen LogP contribution in [0.4, 0.5) is 5.82 Å². The Morgan fingerprint density at radius 2 is 1.61 bits per heavy atom. The zero-order valence-electron chi connectivity index (χ0n) is 16.5. The fourth-order valence-electron chi connectivity index (χ4n) is 4.29. The minimum atomic E-state index is -3.49. The SMILES string of the molecule is Cc1ccc(S(=O)(=O)N2CCC[C@@H]2c2ccc(N3CCCCCC3)nc2)cc1. The molecule has 0 N–H and O–H groups in total. The first-order valence-electron chi connectivity index (χ1n) is 10.3. The Morgan fingerprint density at radius 3 is 2.25 bits per heavy atom. The third-order valence-electron chi connectivity index (χ3n) is 5.92. The fraction of sp³-hybridized carbons (Fsp3) is 0.500. The molecule has 2 fully saturated rings. The molecule has 2 aliphatic rings. The third kappa shape index (κ3) is 3.94. The summed E-state index contributed by atoms with van der Waals surface area (Å²) in [7, 11) is -3.49. The monoisotopic (exact) mass is 399 g/mol. The van der Waals surface area contributed by atoms with E-state index in [-0.39, 0.29) is 6.04 Å². The molecule has 3 heterocycles. The van der Waals surface area contributed by atoms with Gasteiger partial charge in [-0.1, -0.05) is 36.6 Å². The molecule has 0 aliphatic carbocycles. The average Bonchev–Trinajstić information content (AvgIpc) is 3.05. The summed E-state index contributed by atoms with van der Waals surface area (Å²) >= 11 is 0. The maximum Gasteiger partial charge on any atom is 0.243 e. The lowest BCUT2D eigenvalue weighted by molar-refractivity contribution is 0.396. The van der Waals surface area contributed by atoms with Gasteiger partial charge in [0.1, 0.15) is 5.82 Å². The second kappa shape index (κ2) is 8.21. The van der Waals surface area contributed by atoms with Crippen molar-refractivity contribution in [1.82, 2.24) is 9.29 Å². The second-order valence-corrected chi connectivity index (χ2v) is 9.83. The first-order valence-corrected chi connectivity index (χ1v) is 11.8. The van der Waals surface area contributed by atoms with Crippen molar-refractivity contribution in [3.8, 4) is 0 Å². The van der Waals surface area contributed by atoms with Crippen LogP contribution in [0.3, 0.4) is 0 Å². The fourth-order valence-corrected chi connectivity index (χ4v) is 5.97. The Hall–Kier alpha value is -1.92. The van der Waals surface area contributed by atoms with Crippen LogP contribution in [-0.4, -0.2) is 37.3 Å². The van der Waals surface area contributed by atoms with Gasteiger partial charge in [-0.15, -0.1) is 0 Å². The lowest BCUT2D eigenvalue weighted by Gasteiger charge is -2.25. The zero-order chi connectivity index (χ0) is 19.6. The quantitative estimate of drug-likeness (QED) is 0.769. The van der Waals surface area contributed by atoms with E-state index in [1.54, 1.807) is 16.4 Å². The molecule has 2 aromatic rings. The normalized spacial score (nSPS) is 21.6. The molecule has 0 bridgehead atoms. The topological polar surface area (TPSA) is 53.5 Å². The first kappa shape index (κ1) is 19.4. The maximum atomic E-state index is 13.2. The van der Waals surface area contributed by atoms with Crippen molar-refractivity contribution in [1.29, 1.82) is 0 Å². The van der Waals surface area contributed by atoms with Gasteiger partial charge in [-0.05, 0) is 56.4 Å². The van der Waals surface area contributed by atoms with Crippen LogP contribution in [0, 0.1) is 6.92 Å². The summed E-state index contributed by atoms with van der Waals surface area (Å²) in [5.74, 6) is 1.01. The number of hydrogen-bond donors (Lipinski definition) is 0. The van der Waals surface area contributed by atoms with Crippen molar-refractivity contribution in [2.24, 2.45) is 0 Å². The molecule has 0 spiro atoms. The van der Waals surface area contributed by atoms with Gasteiger partial charge >= 0.3 is 0 Å². The van der Waals surface area contributed by atoms with E-state index in [1.807, 2.05) is 25.3 Å². The first-order chi connectivity index (χ1) is 13.6. The largest absolute Gasteiger partial charge is 0.357 e. The van der Waals surface area contributed by atoms with E-state index in [4.69, 9.17) is 4.98 Å². The van der Waals surface area contributed by atoms with E-state index in [9.17, 15) is 8.42 Å². The number of benzene rings is 1. The van der Waals surface area contributed by atoms with Gasteiger partial charge in [0.25, 0.3) is 0 Å². The lowest BCUT2D eigenvalue weighted by Crippen LogP contribution is -2.31. The Kier molecular flexibility index (Phi) is 5.69. The van der Waals surface area contributed by atoms with Gasteiger partial charge in [-0.3, -0.25) is 0 Å². The van der Waals surface area contributed by atoms with E-state index in [0.717, 1.165) is 42.9 Å². The van der Waals surface area contributed by atoms with Crippen molar-refractivity contribution in [3.05, 3.63) is 53.7 Å². The molecular weight excluding hydrogens is 370 g/mol. The van der Waals surface area contributed by atoms with E-state index in [1.165, 1.54) is 25.7 Å². The zero-order valence-corrected chi connectivity index (χ0v) is 17.4. The van der Waals surface area contributed by atoms with Crippen molar-refractivity contribution < 1.29 is 8.42 Å². The van der Waals surface area contributed by atoms with E-state index in [0.29, 0.717) is 11.4 Å². The number of anilines is 1. The highest BCUT2D eigenvalue weighted by molar-refractivity contribution is 7.89. The van der Waals surface area contributed by atoms with Crippen LogP contribution in [-0.2, 0) is 10.0 Å². The van der Waals surface area contributed by atoms with Gasteiger partial charge in [0.2, 0.25) is 10.0 Å². The summed E-state index contributed by atoms with van der Waals surface area (Å²) in [5.41, 5.74) is 2.05. The Balaban J connectivity index is 1.55. The summed E-state index contributed by atoms with van der Waals surface area (Å²) in [6.45, 7) is 4.65. The van der Waals surface area contributed by atoms with Crippen molar-refractivity contribution in [3.63, 3.8) is 0 Å². The summed E-state index contributed by atoms with van der Waals surface area (Å²) in [6, 6.07) is 11.1. The molecule has 6 heteroatoms. The van der Waals surface area contributed by atoms with Gasteiger partial charge in [-0.25, -0.2) is 13.4 Å². The van der Waals surface area contributed by atoms with Crippen molar-refractivity contribution in [2.75, 3.05) is 24.5 Å². The summed E-state index contributed by atoms with van der Waals surface area (Å²) in [5, 5.41) is 0. The average molecular weight is 400 g/mol. The molecule has 5 nitrogen and oxygen atoms in total. The van der Waals surface area contributed by atoms with E-state index < -0.39 is 10.0 Å². The third-order valence-corrected chi connectivity index (χ3v) is 7.84. The van der Waals surface area contributed by atoms with Crippen LogP contribution in [0.5, 0.6) is 0 Å². The van der Waals surface area contributed by atoms with Gasteiger partial charge in [-0.2, -0.15) is 4.31 Å². The van der Waals surface area contributed by atoms with Gasteiger partial charge in [0.05, 0.1) is 10.9 Å². The summed E-state index contributed by atoms with van der Waals surface area (Å²) < 4.78 is 28.0. The molecule has 2 aliphatic heterocycles. The second-order valence-electron chi connectivity index (χ2n) is 7.94. The highest BCUT2D eigenvalue weighted by atomic mass is 32.2. The number of rotatable bonds is 4. The molecule has 4 rings (SSSR count). The summed E-state index contributed by atoms with van der Waals surface area (Å²) in [4.78, 5) is 7.42. The molecule has 0 unspecified atom stereocenters. The van der Waals surface area contributed by atoms with Crippen LogP contribution in [0.25, 0.3) is 0 Å². The number of pyridine rings is 1. The molecule has 28 heavy (non-hydrogen) atoms. The minimum absolute atomic E-state index is 0.128. The predicted octanol–water partition coefficient (Wildman–Crippen LogP) is 4.30. The van der Waals surface area contributed by atoms with E-state index in [2.05, 4.69) is 17.0 Å². The minimum Gasteiger partial charge on any atom is -0.357 e. The number of aromatic nitrogens is 1. The van der Waals surface area contributed by atoms with Crippen LogP contribution in [0.1, 0.15) is 55.7 Å².